The van der Waals surface area contributed by atoms with Gasteiger partial charge in [-0.2, -0.15) is 5.26 Å². The van der Waals surface area contributed by atoms with Gasteiger partial charge in [0.2, 0.25) is 5.88 Å². The van der Waals surface area contributed by atoms with Crippen molar-refractivity contribution in [3.05, 3.63) is 52.1 Å². The lowest BCUT2D eigenvalue weighted by molar-refractivity contribution is 0.393. The Hall–Kier alpha value is -2.06. The molecule has 1 heterocycles. The first-order valence-corrected chi connectivity index (χ1v) is 6.45. The molecule has 0 amide bonds. The number of anilines is 1. The molecule has 0 atom stereocenters. The van der Waals surface area contributed by atoms with Gasteiger partial charge in [-0.3, -0.25) is 0 Å². The molecule has 4 nitrogen and oxygen atoms in total. The molecule has 0 aliphatic rings. The van der Waals surface area contributed by atoms with Crippen molar-refractivity contribution in [2.75, 3.05) is 12.4 Å². The zero-order chi connectivity index (χ0) is 13.7. The van der Waals surface area contributed by atoms with Gasteiger partial charge in [-0.1, -0.05) is 22.0 Å². The van der Waals surface area contributed by atoms with E-state index in [9.17, 15) is 0 Å². The maximum atomic E-state index is 9.09. The molecule has 0 aliphatic carbocycles. The van der Waals surface area contributed by atoms with Crippen LogP contribution in [-0.4, -0.2) is 12.1 Å². The van der Waals surface area contributed by atoms with Crippen LogP contribution in [0.4, 0.5) is 5.69 Å². The van der Waals surface area contributed by atoms with Gasteiger partial charge in [0.15, 0.2) is 0 Å². The minimum Gasteiger partial charge on any atom is -0.481 e. The van der Waals surface area contributed by atoms with Crippen molar-refractivity contribution in [3.8, 4) is 11.9 Å². The van der Waals surface area contributed by atoms with Gasteiger partial charge in [0.25, 0.3) is 0 Å². The number of hydrogen-bond acceptors (Lipinski definition) is 4. The van der Waals surface area contributed by atoms with E-state index in [1.807, 2.05) is 24.3 Å². The molecule has 0 spiro atoms. The average molecular weight is 318 g/mol. The predicted molar refractivity (Wildman–Crippen MR) is 77.0 cm³/mol. The van der Waals surface area contributed by atoms with E-state index >= 15 is 0 Å². The maximum Gasteiger partial charge on any atom is 0.218 e. The van der Waals surface area contributed by atoms with Crippen LogP contribution < -0.4 is 10.1 Å². The molecule has 1 aromatic heterocycles. The molecule has 2 aromatic rings. The minimum absolute atomic E-state index is 0.549. The van der Waals surface area contributed by atoms with E-state index in [1.165, 1.54) is 0 Å². The van der Waals surface area contributed by atoms with Crippen LogP contribution in [0.3, 0.4) is 0 Å². The molecule has 1 aromatic carbocycles. The van der Waals surface area contributed by atoms with E-state index in [4.69, 9.17) is 10.00 Å². The van der Waals surface area contributed by atoms with Crippen molar-refractivity contribution in [2.24, 2.45) is 0 Å². The summed E-state index contributed by atoms with van der Waals surface area (Å²) in [6.07, 6.45) is 1.68. The first kappa shape index (κ1) is 13.4. The summed E-state index contributed by atoms with van der Waals surface area (Å²) in [4.78, 5) is 4.13. The van der Waals surface area contributed by atoms with E-state index in [1.54, 1.807) is 19.4 Å². The number of aromatic nitrogens is 1. The number of nitrogens with zero attached hydrogens (tertiary/aromatic N) is 2. The smallest absolute Gasteiger partial charge is 0.218 e. The number of ether oxygens (including phenoxy) is 1. The van der Waals surface area contributed by atoms with Crippen molar-refractivity contribution >= 4 is 21.6 Å². The van der Waals surface area contributed by atoms with Crippen LogP contribution in [0.5, 0.6) is 5.88 Å². The van der Waals surface area contributed by atoms with E-state index in [0.29, 0.717) is 18.0 Å². The van der Waals surface area contributed by atoms with Crippen molar-refractivity contribution in [2.45, 2.75) is 6.54 Å². The van der Waals surface area contributed by atoms with Gasteiger partial charge < -0.3 is 10.1 Å². The predicted octanol–water partition coefficient (Wildman–Crippen LogP) is 3.34. The van der Waals surface area contributed by atoms with Gasteiger partial charge >= 0.3 is 0 Å². The molecule has 0 bridgehead atoms. The fourth-order valence-corrected chi connectivity index (χ4v) is 2.06. The maximum absolute atomic E-state index is 9.09. The summed E-state index contributed by atoms with van der Waals surface area (Å²) in [6, 6.07) is 11.5. The summed E-state index contributed by atoms with van der Waals surface area (Å²) < 4.78 is 6.07. The van der Waals surface area contributed by atoms with Crippen LogP contribution >= 0.6 is 15.9 Å². The van der Waals surface area contributed by atoms with Crippen molar-refractivity contribution in [3.63, 3.8) is 0 Å². The lowest BCUT2D eigenvalue weighted by Gasteiger charge is -2.10. The first-order chi connectivity index (χ1) is 9.24. The highest BCUT2D eigenvalue weighted by molar-refractivity contribution is 9.10. The highest BCUT2D eigenvalue weighted by Gasteiger charge is 2.06. The van der Waals surface area contributed by atoms with Gasteiger partial charge in [-0.15, -0.1) is 0 Å². The van der Waals surface area contributed by atoms with Gasteiger partial charge in [0.05, 0.1) is 18.4 Å². The highest BCUT2D eigenvalue weighted by atomic mass is 79.9. The molecule has 96 valence electrons. The number of rotatable bonds is 4. The molecule has 1 N–H and O–H groups in total. The average Bonchev–Trinajstić information content (AvgIpc) is 2.46. The second kappa shape index (κ2) is 6.21. The highest BCUT2D eigenvalue weighted by Crippen LogP contribution is 2.22. The van der Waals surface area contributed by atoms with E-state index < -0.39 is 0 Å². The normalized spacial score (nSPS) is 9.74. The second-order valence-electron chi connectivity index (χ2n) is 3.83. The van der Waals surface area contributed by atoms with E-state index in [0.717, 1.165) is 15.7 Å². The topological polar surface area (TPSA) is 57.9 Å². The molecule has 0 unspecified atom stereocenters. The quantitative estimate of drug-likeness (QED) is 0.939. The number of methoxy groups -OCH3 is 1. The number of halogens is 1. The number of hydrogen-bond donors (Lipinski definition) is 1. The Kier molecular flexibility index (Phi) is 4.37. The van der Waals surface area contributed by atoms with Crippen molar-refractivity contribution in [1.29, 1.82) is 5.26 Å². The van der Waals surface area contributed by atoms with Gasteiger partial charge in [-0.05, 0) is 24.3 Å². The molecule has 19 heavy (non-hydrogen) atoms. The molecule has 0 saturated heterocycles. The summed E-state index contributed by atoms with van der Waals surface area (Å²) in [5, 5.41) is 12.3. The Labute approximate surface area is 120 Å². The van der Waals surface area contributed by atoms with Crippen LogP contribution in [-0.2, 0) is 6.54 Å². The third kappa shape index (κ3) is 3.24. The fourth-order valence-electron chi connectivity index (χ4n) is 1.70. The van der Waals surface area contributed by atoms with Gasteiger partial charge in [0, 0.05) is 22.8 Å². The number of benzene rings is 1. The third-order valence-electron chi connectivity index (χ3n) is 2.61. The number of nitriles is 1. The first-order valence-electron chi connectivity index (χ1n) is 5.66. The Morgan fingerprint density at radius 3 is 3.00 bits per heavy atom. The van der Waals surface area contributed by atoms with Gasteiger partial charge in [0.1, 0.15) is 6.07 Å². The third-order valence-corrected chi connectivity index (χ3v) is 3.11. The molecular weight excluding hydrogens is 306 g/mol. The van der Waals surface area contributed by atoms with E-state index in [2.05, 4.69) is 32.3 Å². The molecule has 0 radical (unpaired) electrons. The van der Waals surface area contributed by atoms with Crippen molar-refractivity contribution < 1.29 is 4.74 Å². The lowest BCUT2D eigenvalue weighted by atomic mass is 10.2. The second-order valence-corrected chi connectivity index (χ2v) is 4.74. The zero-order valence-corrected chi connectivity index (χ0v) is 11.9. The summed E-state index contributed by atoms with van der Waals surface area (Å²) in [7, 11) is 1.59. The number of pyridine rings is 1. The number of nitrogens with one attached hydrogen (secondary N) is 1. The Morgan fingerprint density at radius 2 is 2.26 bits per heavy atom. The van der Waals surface area contributed by atoms with E-state index in [-0.39, 0.29) is 0 Å². The molecule has 2 rings (SSSR count). The lowest BCUT2D eigenvalue weighted by Crippen LogP contribution is -2.04. The van der Waals surface area contributed by atoms with Crippen LogP contribution in [0.1, 0.15) is 11.1 Å². The van der Waals surface area contributed by atoms with Crippen LogP contribution in [0.25, 0.3) is 0 Å². The molecule has 0 saturated carbocycles. The molecule has 5 heteroatoms. The Bertz CT molecular complexity index is 622. The Morgan fingerprint density at radius 1 is 1.42 bits per heavy atom. The monoisotopic (exact) mass is 317 g/mol. The summed E-state index contributed by atoms with van der Waals surface area (Å²) in [5.74, 6) is 0.589. The van der Waals surface area contributed by atoms with Crippen LogP contribution in [0.15, 0.2) is 41.0 Å². The molecule has 0 fully saturated rings. The summed E-state index contributed by atoms with van der Waals surface area (Å²) >= 11 is 3.35. The van der Waals surface area contributed by atoms with Crippen LogP contribution in [0.2, 0.25) is 0 Å². The Balaban J connectivity index is 2.17. The SMILES string of the molecule is COc1ncccc1CNc1ccc(Br)cc1C#N. The fraction of sp³-hybridized carbons (Fsp3) is 0.143. The largest absolute Gasteiger partial charge is 0.481 e. The minimum atomic E-state index is 0.549. The van der Waals surface area contributed by atoms with Gasteiger partial charge in [-0.25, -0.2) is 4.98 Å². The molecular formula is C14H12BrN3O. The molecule has 0 aliphatic heterocycles. The summed E-state index contributed by atoms with van der Waals surface area (Å²) in [5.41, 5.74) is 2.32. The standard InChI is InChI=1S/C14H12BrN3O/c1-19-14-10(3-2-6-17-14)9-18-13-5-4-12(15)7-11(13)8-16/h2-7,18H,9H2,1H3. The van der Waals surface area contributed by atoms with Crippen molar-refractivity contribution in [1.82, 2.24) is 4.98 Å². The summed E-state index contributed by atoms with van der Waals surface area (Å²) in [6.45, 7) is 0.549. The van der Waals surface area contributed by atoms with Crippen LogP contribution in [0, 0.1) is 11.3 Å². The zero-order valence-electron chi connectivity index (χ0n) is 10.4.